The van der Waals surface area contributed by atoms with E-state index in [1.54, 1.807) is 4.52 Å². The Balaban J connectivity index is 1.37. The minimum absolute atomic E-state index is 0.0220. The molecule has 0 spiro atoms. The SMILES string of the molecule is Cc1nc2ncnn2c(C)c1CCC(=O)N1CCCC(C(=O)Nc2ccccc2)C1. The number of benzene rings is 1. The minimum Gasteiger partial charge on any atom is -0.342 e. The average molecular weight is 406 g/mol. The number of nitrogens with one attached hydrogen (secondary N) is 1. The first-order valence-corrected chi connectivity index (χ1v) is 10.3. The topological polar surface area (TPSA) is 92.5 Å². The monoisotopic (exact) mass is 406 g/mol. The van der Waals surface area contributed by atoms with Crippen LogP contribution in [0.1, 0.15) is 36.2 Å². The van der Waals surface area contributed by atoms with Gasteiger partial charge in [0, 0.05) is 36.6 Å². The fourth-order valence-electron chi connectivity index (χ4n) is 4.09. The Hall–Kier alpha value is -3.29. The summed E-state index contributed by atoms with van der Waals surface area (Å²) in [5, 5.41) is 7.16. The second-order valence-corrected chi connectivity index (χ2v) is 7.77. The lowest BCUT2D eigenvalue weighted by atomic mass is 9.96. The van der Waals surface area contributed by atoms with E-state index in [1.165, 1.54) is 6.33 Å². The first-order valence-electron chi connectivity index (χ1n) is 10.3. The highest BCUT2D eigenvalue weighted by Crippen LogP contribution is 2.21. The van der Waals surface area contributed by atoms with Crippen LogP contribution in [0.4, 0.5) is 5.69 Å². The van der Waals surface area contributed by atoms with E-state index in [1.807, 2.05) is 49.1 Å². The van der Waals surface area contributed by atoms with Gasteiger partial charge >= 0.3 is 0 Å². The third kappa shape index (κ3) is 4.17. The largest absolute Gasteiger partial charge is 0.342 e. The highest BCUT2D eigenvalue weighted by Gasteiger charge is 2.28. The van der Waals surface area contributed by atoms with Gasteiger partial charge in [-0.2, -0.15) is 10.1 Å². The van der Waals surface area contributed by atoms with Crippen molar-refractivity contribution in [1.29, 1.82) is 0 Å². The van der Waals surface area contributed by atoms with Crippen molar-refractivity contribution < 1.29 is 9.59 Å². The van der Waals surface area contributed by atoms with Crippen LogP contribution in [0.15, 0.2) is 36.7 Å². The van der Waals surface area contributed by atoms with Gasteiger partial charge in [0.15, 0.2) is 0 Å². The molecule has 8 nitrogen and oxygen atoms in total. The molecule has 30 heavy (non-hydrogen) atoms. The third-order valence-corrected chi connectivity index (χ3v) is 5.76. The van der Waals surface area contributed by atoms with Gasteiger partial charge in [0.05, 0.1) is 5.92 Å². The van der Waals surface area contributed by atoms with E-state index in [2.05, 4.69) is 20.4 Å². The molecule has 1 N–H and O–H groups in total. The molecule has 2 amide bonds. The van der Waals surface area contributed by atoms with E-state index in [9.17, 15) is 9.59 Å². The number of nitrogens with zero attached hydrogens (tertiary/aromatic N) is 5. The number of piperidine rings is 1. The third-order valence-electron chi connectivity index (χ3n) is 5.76. The Bertz CT molecular complexity index is 1060. The van der Waals surface area contributed by atoms with Gasteiger partial charge in [-0.25, -0.2) is 9.50 Å². The predicted molar refractivity (Wildman–Crippen MR) is 113 cm³/mol. The fourth-order valence-corrected chi connectivity index (χ4v) is 4.09. The second kappa shape index (κ2) is 8.61. The molecule has 4 rings (SSSR count). The number of rotatable bonds is 5. The lowest BCUT2D eigenvalue weighted by Crippen LogP contribution is -2.43. The molecule has 1 unspecified atom stereocenters. The number of hydrogen-bond donors (Lipinski definition) is 1. The summed E-state index contributed by atoms with van der Waals surface area (Å²) in [5.41, 5.74) is 3.64. The summed E-state index contributed by atoms with van der Waals surface area (Å²) in [7, 11) is 0. The second-order valence-electron chi connectivity index (χ2n) is 7.77. The molecule has 156 valence electrons. The van der Waals surface area contributed by atoms with Crippen molar-refractivity contribution in [3.63, 3.8) is 0 Å². The zero-order valence-corrected chi connectivity index (χ0v) is 17.3. The first-order chi connectivity index (χ1) is 14.5. The summed E-state index contributed by atoms with van der Waals surface area (Å²) in [5.74, 6) is 0.443. The van der Waals surface area contributed by atoms with Crippen molar-refractivity contribution in [2.75, 3.05) is 18.4 Å². The molecule has 3 aromatic rings. The number of hydrogen-bond acceptors (Lipinski definition) is 5. The number of anilines is 1. The van der Waals surface area contributed by atoms with E-state index in [0.717, 1.165) is 35.5 Å². The Morgan fingerprint density at radius 3 is 2.80 bits per heavy atom. The smallest absolute Gasteiger partial charge is 0.252 e. The first kappa shape index (κ1) is 20.0. The van der Waals surface area contributed by atoms with Crippen molar-refractivity contribution in [2.45, 2.75) is 39.5 Å². The Morgan fingerprint density at radius 2 is 2.00 bits per heavy atom. The average Bonchev–Trinajstić information content (AvgIpc) is 3.23. The van der Waals surface area contributed by atoms with Gasteiger partial charge in [-0.1, -0.05) is 18.2 Å². The normalized spacial score (nSPS) is 16.6. The standard InChI is InChI=1S/C22H26N6O2/c1-15-19(16(2)28-22(25-15)23-14-24-28)10-11-20(29)27-12-6-7-17(13-27)21(30)26-18-8-4-3-5-9-18/h3-5,8-9,14,17H,6-7,10-13H2,1-2H3,(H,26,30). The molecule has 1 saturated heterocycles. The van der Waals surface area contributed by atoms with E-state index in [-0.39, 0.29) is 17.7 Å². The van der Waals surface area contributed by atoms with Crippen LogP contribution in [-0.4, -0.2) is 49.4 Å². The van der Waals surface area contributed by atoms with Crippen molar-refractivity contribution in [3.05, 3.63) is 53.6 Å². The van der Waals surface area contributed by atoms with Gasteiger partial charge in [-0.15, -0.1) is 0 Å². The molecule has 2 aromatic heterocycles. The maximum atomic E-state index is 12.9. The molecule has 3 heterocycles. The van der Waals surface area contributed by atoms with E-state index in [0.29, 0.717) is 31.7 Å². The van der Waals surface area contributed by atoms with Gasteiger partial charge in [-0.05, 0) is 50.8 Å². The molecule has 1 fully saturated rings. The quantitative estimate of drug-likeness (QED) is 0.703. The van der Waals surface area contributed by atoms with Crippen molar-refractivity contribution >= 4 is 23.3 Å². The van der Waals surface area contributed by atoms with Crippen LogP contribution in [0.5, 0.6) is 0 Å². The number of aromatic nitrogens is 4. The van der Waals surface area contributed by atoms with Crippen molar-refractivity contribution in [3.8, 4) is 0 Å². The molecule has 0 radical (unpaired) electrons. The van der Waals surface area contributed by atoms with Crippen LogP contribution in [0, 0.1) is 19.8 Å². The lowest BCUT2D eigenvalue weighted by Gasteiger charge is -2.32. The van der Waals surface area contributed by atoms with E-state index >= 15 is 0 Å². The Labute approximate surface area is 175 Å². The van der Waals surface area contributed by atoms with Crippen LogP contribution in [0.2, 0.25) is 0 Å². The van der Waals surface area contributed by atoms with Gasteiger partial charge in [0.1, 0.15) is 6.33 Å². The number of para-hydroxylation sites is 1. The molecule has 8 heteroatoms. The lowest BCUT2D eigenvalue weighted by molar-refractivity contribution is -0.134. The fraction of sp³-hybridized carbons (Fsp3) is 0.409. The van der Waals surface area contributed by atoms with E-state index in [4.69, 9.17) is 0 Å². The molecule has 0 bridgehead atoms. The summed E-state index contributed by atoms with van der Waals surface area (Å²) in [6.45, 7) is 5.08. The maximum Gasteiger partial charge on any atom is 0.252 e. The minimum atomic E-state index is -0.181. The molecule has 0 aliphatic carbocycles. The molecule has 1 aliphatic rings. The van der Waals surface area contributed by atoms with Crippen LogP contribution in [0.3, 0.4) is 0 Å². The summed E-state index contributed by atoms with van der Waals surface area (Å²) in [6.07, 6.45) is 4.10. The van der Waals surface area contributed by atoms with Crippen LogP contribution in [0.25, 0.3) is 5.78 Å². The summed E-state index contributed by atoms with van der Waals surface area (Å²) in [6, 6.07) is 9.43. The van der Waals surface area contributed by atoms with Gasteiger partial charge in [-0.3, -0.25) is 9.59 Å². The molecule has 0 saturated carbocycles. The molecule has 1 aromatic carbocycles. The van der Waals surface area contributed by atoms with E-state index < -0.39 is 0 Å². The molecule has 1 atom stereocenters. The zero-order chi connectivity index (χ0) is 21.1. The van der Waals surface area contributed by atoms with Gasteiger partial charge in [0.25, 0.3) is 5.78 Å². The Morgan fingerprint density at radius 1 is 1.20 bits per heavy atom. The molecule has 1 aliphatic heterocycles. The molecular formula is C22H26N6O2. The highest BCUT2D eigenvalue weighted by molar-refractivity contribution is 5.93. The molecular weight excluding hydrogens is 380 g/mol. The number of carbonyl (C=O) groups excluding carboxylic acids is 2. The van der Waals surface area contributed by atoms with Crippen LogP contribution < -0.4 is 5.32 Å². The highest BCUT2D eigenvalue weighted by atomic mass is 16.2. The van der Waals surface area contributed by atoms with Crippen molar-refractivity contribution in [1.82, 2.24) is 24.5 Å². The Kier molecular flexibility index (Phi) is 5.74. The predicted octanol–water partition coefficient (Wildman–Crippen LogP) is 2.55. The number of amides is 2. The maximum absolute atomic E-state index is 12.9. The number of aryl methyl sites for hydroxylation is 2. The van der Waals surface area contributed by atoms with Gasteiger partial charge in [0.2, 0.25) is 11.8 Å². The van der Waals surface area contributed by atoms with Crippen molar-refractivity contribution in [2.24, 2.45) is 5.92 Å². The summed E-state index contributed by atoms with van der Waals surface area (Å²) >= 11 is 0. The zero-order valence-electron chi connectivity index (χ0n) is 17.3. The van der Waals surface area contributed by atoms with Crippen LogP contribution in [-0.2, 0) is 16.0 Å². The summed E-state index contributed by atoms with van der Waals surface area (Å²) in [4.78, 5) is 35.9. The summed E-state index contributed by atoms with van der Waals surface area (Å²) < 4.78 is 1.71. The number of likely N-dealkylation sites (tertiary alicyclic amines) is 1. The van der Waals surface area contributed by atoms with Crippen LogP contribution >= 0.6 is 0 Å². The number of fused-ring (bicyclic) bond motifs is 1. The van der Waals surface area contributed by atoms with Gasteiger partial charge < -0.3 is 10.2 Å². The number of carbonyl (C=O) groups is 2.